The van der Waals surface area contributed by atoms with Gasteiger partial charge in [0.25, 0.3) is 0 Å². The SMILES string of the molecule is CC(O)C(NC(=O)C(CCCCN)NC(=O)C(CCCN=C(N)N)NC(=O)C(N)Cc1ccc(O)cc1)C(=O)O. The first-order valence-electron chi connectivity index (χ1n) is 13.0. The molecule has 224 valence electrons. The Balaban J connectivity index is 3.04. The quantitative estimate of drug-likeness (QED) is 0.0498. The Morgan fingerprint density at radius 2 is 1.45 bits per heavy atom. The van der Waals surface area contributed by atoms with Crippen LogP contribution in [-0.2, 0) is 25.6 Å². The van der Waals surface area contributed by atoms with E-state index >= 15 is 0 Å². The van der Waals surface area contributed by atoms with Crippen molar-refractivity contribution in [1.29, 1.82) is 0 Å². The topological polar surface area (TPSA) is 282 Å². The van der Waals surface area contributed by atoms with Gasteiger partial charge in [-0.3, -0.25) is 19.4 Å². The van der Waals surface area contributed by atoms with Crippen LogP contribution in [0.1, 0.15) is 44.6 Å². The van der Waals surface area contributed by atoms with Crippen LogP contribution < -0.4 is 38.9 Å². The predicted molar refractivity (Wildman–Crippen MR) is 148 cm³/mol. The molecular formula is C25H42N8O7. The van der Waals surface area contributed by atoms with Gasteiger partial charge in [0.05, 0.1) is 12.1 Å². The second-order valence-electron chi connectivity index (χ2n) is 9.40. The molecule has 5 unspecified atom stereocenters. The summed E-state index contributed by atoms with van der Waals surface area (Å²) < 4.78 is 0. The van der Waals surface area contributed by atoms with E-state index in [4.69, 9.17) is 22.9 Å². The Morgan fingerprint density at radius 1 is 0.900 bits per heavy atom. The highest BCUT2D eigenvalue weighted by Crippen LogP contribution is 2.11. The van der Waals surface area contributed by atoms with Crippen LogP contribution in [0.4, 0.5) is 0 Å². The fourth-order valence-corrected chi connectivity index (χ4v) is 3.71. The number of rotatable bonds is 18. The van der Waals surface area contributed by atoms with Crippen molar-refractivity contribution in [3.63, 3.8) is 0 Å². The number of aliphatic hydroxyl groups is 1. The van der Waals surface area contributed by atoms with E-state index < -0.39 is 54.0 Å². The minimum absolute atomic E-state index is 0.0625. The van der Waals surface area contributed by atoms with E-state index in [0.29, 0.717) is 31.4 Å². The number of amides is 3. The smallest absolute Gasteiger partial charge is 0.328 e. The van der Waals surface area contributed by atoms with Crippen molar-refractivity contribution >= 4 is 29.7 Å². The number of aromatic hydroxyl groups is 1. The van der Waals surface area contributed by atoms with Crippen LogP contribution in [0.5, 0.6) is 5.75 Å². The van der Waals surface area contributed by atoms with E-state index in [-0.39, 0.29) is 37.5 Å². The lowest BCUT2D eigenvalue weighted by Crippen LogP contribution is -2.58. The molecule has 3 amide bonds. The molecule has 0 fully saturated rings. The lowest BCUT2D eigenvalue weighted by molar-refractivity contribution is -0.145. The van der Waals surface area contributed by atoms with Gasteiger partial charge in [0.2, 0.25) is 17.7 Å². The first kappa shape index (κ1) is 34.1. The van der Waals surface area contributed by atoms with Gasteiger partial charge in [0.1, 0.15) is 17.8 Å². The van der Waals surface area contributed by atoms with E-state index in [2.05, 4.69) is 20.9 Å². The molecule has 14 N–H and O–H groups in total. The number of carboxylic acids is 1. The number of phenols is 1. The van der Waals surface area contributed by atoms with Crippen LogP contribution in [0, 0.1) is 0 Å². The van der Waals surface area contributed by atoms with Gasteiger partial charge in [-0.25, -0.2) is 4.79 Å². The number of carboxylic acid groups (broad SMARTS) is 1. The maximum atomic E-state index is 13.3. The molecule has 0 aliphatic carbocycles. The van der Waals surface area contributed by atoms with Crippen molar-refractivity contribution < 1.29 is 34.5 Å². The molecule has 40 heavy (non-hydrogen) atoms. The normalized spacial score (nSPS) is 14.6. The first-order valence-corrected chi connectivity index (χ1v) is 13.0. The van der Waals surface area contributed by atoms with Gasteiger partial charge in [-0.05, 0) is 69.7 Å². The van der Waals surface area contributed by atoms with Gasteiger partial charge >= 0.3 is 5.97 Å². The summed E-state index contributed by atoms with van der Waals surface area (Å²) in [6.45, 7) is 1.73. The second-order valence-corrected chi connectivity index (χ2v) is 9.40. The molecule has 5 atom stereocenters. The number of carbonyl (C=O) groups excluding carboxylic acids is 3. The van der Waals surface area contributed by atoms with Crippen molar-refractivity contribution in [2.75, 3.05) is 13.1 Å². The molecule has 0 saturated carbocycles. The second kappa shape index (κ2) is 17.6. The number of aliphatic carboxylic acids is 1. The van der Waals surface area contributed by atoms with E-state index in [9.17, 15) is 34.5 Å². The molecule has 1 aromatic rings. The van der Waals surface area contributed by atoms with Gasteiger partial charge < -0.3 is 54.2 Å². The number of aliphatic imine (C=N–C) groups is 1. The Morgan fingerprint density at radius 3 is 1.98 bits per heavy atom. The Bertz CT molecular complexity index is 999. The van der Waals surface area contributed by atoms with Crippen molar-refractivity contribution in [2.45, 2.75) is 75.7 Å². The number of carbonyl (C=O) groups is 4. The van der Waals surface area contributed by atoms with E-state index in [0.717, 1.165) is 0 Å². The van der Waals surface area contributed by atoms with Crippen LogP contribution in [0.3, 0.4) is 0 Å². The number of nitrogens with one attached hydrogen (secondary N) is 3. The van der Waals surface area contributed by atoms with Gasteiger partial charge in [-0.2, -0.15) is 0 Å². The third kappa shape index (κ3) is 12.7. The molecule has 0 aliphatic heterocycles. The van der Waals surface area contributed by atoms with Crippen LogP contribution in [0.25, 0.3) is 0 Å². The zero-order valence-corrected chi connectivity index (χ0v) is 22.6. The number of aliphatic hydroxyl groups excluding tert-OH is 1. The highest BCUT2D eigenvalue weighted by atomic mass is 16.4. The lowest BCUT2D eigenvalue weighted by Gasteiger charge is -2.26. The number of unbranched alkanes of at least 4 members (excludes halogenated alkanes) is 1. The summed E-state index contributed by atoms with van der Waals surface area (Å²) in [5.74, 6) is -3.65. The summed E-state index contributed by atoms with van der Waals surface area (Å²) >= 11 is 0. The van der Waals surface area contributed by atoms with Gasteiger partial charge in [-0.15, -0.1) is 0 Å². The van der Waals surface area contributed by atoms with Crippen molar-refractivity contribution in [1.82, 2.24) is 16.0 Å². The third-order valence-electron chi connectivity index (χ3n) is 5.93. The highest BCUT2D eigenvalue weighted by Gasteiger charge is 2.31. The van der Waals surface area contributed by atoms with Crippen LogP contribution >= 0.6 is 0 Å². The summed E-state index contributed by atoms with van der Waals surface area (Å²) in [7, 11) is 0. The molecule has 0 aliphatic rings. The van der Waals surface area contributed by atoms with Crippen molar-refractivity contribution in [3.05, 3.63) is 29.8 Å². The van der Waals surface area contributed by atoms with Gasteiger partial charge in [0, 0.05) is 6.54 Å². The third-order valence-corrected chi connectivity index (χ3v) is 5.93. The van der Waals surface area contributed by atoms with Crippen LogP contribution in [0.15, 0.2) is 29.3 Å². The summed E-state index contributed by atoms with van der Waals surface area (Å²) in [6, 6.07) is 1.25. The molecule has 15 nitrogen and oxygen atoms in total. The maximum absolute atomic E-state index is 13.3. The molecular weight excluding hydrogens is 524 g/mol. The van der Waals surface area contributed by atoms with Crippen LogP contribution in [0.2, 0.25) is 0 Å². The summed E-state index contributed by atoms with van der Waals surface area (Å²) in [4.78, 5) is 54.4. The Hall–Kier alpha value is -3.95. The number of nitrogens with two attached hydrogens (primary N) is 4. The molecule has 1 rings (SSSR count). The summed E-state index contributed by atoms with van der Waals surface area (Å²) in [5, 5.41) is 35.9. The Kier molecular flexibility index (Phi) is 15.0. The monoisotopic (exact) mass is 566 g/mol. The van der Waals surface area contributed by atoms with Crippen molar-refractivity contribution in [3.8, 4) is 5.75 Å². The fraction of sp³-hybridized carbons (Fsp3) is 0.560. The lowest BCUT2D eigenvalue weighted by atomic mass is 10.0. The summed E-state index contributed by atoms with van der Waals surface area (Å²) in [6.07, 6.45) is 0.271. The largest absolute Gasteiger partial charge is 0.508 e. The highest BCUT2D eigenvalue weighted by molar-refractivity contribution is 5.94. The standard InChI is InChI=1S/C25H42N8O7/c1-14(34)20(24(39)40)33-23(38)18(5-2-3-11-26)32-22(37)19(6-4-12-30-25(28)29)31-21(36)17(27)13-15-7-9-16(35)10-8-15/h7-10,14,17-20,34-35H,2-6,11-13,26-27H2,1H3,(H,31,36)(H,32,37)(H,33,38)(H,39,40)(H4,28,29,30). The zero-order valence-electron chi connectivity index (χ0n) is 22.6. The number of nitrogens with zero attached hydrogens (tertiary/aromatic N) is 1. The van der Waals surface area contributed by atoms with E-state index in [1.54, 1.807) is 12.1 Å². The molecule has 0 saturated heterocycles. The number of guanidine groups is 1. The van der Waals surface area contributed by atoms with Crippen molar-refractivity contribution in [2.24, 2.45) is 27.9 Å². The number of hydrogen-bond donors (Lipinski definition) is 10. The van der Waals surface area contributed by atoms with E-state index in [1.807, 2.05) is 0 Å². The van der Waals surface area contributed by atoms with E-state index in [1.165, 1.54) is 19.1 Å². The van der Waals surface area contributed by atoms with Crippen LogP contribution in [-0.4, -0.2) is 88.3 Å². The zero-order chi connectivity index (χ0) is 30.2. The molecule has 15 heteroatoms. The van der Waals surface area contributed by atoms with Gasteiger partial charge in [-0.1, -0.05) is 12.1 Å². The first-order chi connectivity index (χ1) is 18.8. The molecule has 0 aromatic heterocycles. The average molecular weight is 567 g/mol. The Labute approximate surface area is 232 Å². The minimum Gasteiger partial charge on any atom is -0.508 e. The maximum Gasteiger partial charge on any atom is 0.328 e. The molecule has 0 bridgehead atoms. The number of benzene rings is 1. The molecule has 0 heterocycles. The van der Waals surface area contributed by atoms with Gasteiger partial charge in [0.15, 0.2) is 12.0 Å². The fourth-order valence-electron chi connectivity index (χ4n) is 3.71. The number of hydrogen-bond acceptors (Lipinski definition) is 9. The molecule has 0 radical (unpaired) electrons. The molecule has 1 aromatic carbocycles. The average Bonchev–Trinajstić information content (AvgIpc) is 2.88. The summed E-state index contributed by atoms with van der Waals surface area (Å²) in [5.41, 5.74) is 23.0. The molecule has 0 spiro atoms. The number of phenolic OH excluding ortho intramolecular Hbond substituents is 1. The predicted octanol–water partition coefficient (Wildman–Crippen LogP) is -2.64. The minimum atomic E-state index is -1.59.